The summed E-state index contributed by atoms with van der Waals surface area (Å²) in [5.74, 6) is -0.551. The third-order valence-electron chi connectivity index (χ3n) is 4.50. The van der Waals surface area contributed by atoms with Crippen LogP contribution in [0.2, 0.25) is 5.02 Å². The van der Waals surface area contributed by atoms with Crippen molar-refractivity contribution in [3.05, 3.63) is 74.3 Å². The molecular formula is C18H17ClN2O4. The van der Waals surface area contributed by atoms with E-state index >= 15 is 0 Å². The Hall–Kier alpha value is -2.44. The minimum atomic E-state index is -1.16. The molecular weight excluding hydrogens is 344 g/mol. The van der Waals surface area contributed by atoms with Gasteiger partial charge >= 0.3 is 0 Å². The first-order valence-electron chi connectivity index (χ1n) is 7.94. The number of nitrogens with one attached hydrogen (secondary N) is 1. The fraction of sp³-hybridized carbons (Fsp3) is 0.278. The fourth-order valence-corrected chi connectivity index (χ4v) is 3.41. The Morgan fingerprint density at radius 2 is 2.08 bits per heavy atom. The first-order valence-corrected chi connectivity index (χ1v) is 8.31. The molecule has 0 aromatic heterocycles. The lowest BCUT2D eigenvalue weighted by Crippen LogP contribution is -2.43. The van der Waals surface area contributed by atoms with Gasteiger partial charge < -0.3 is 10.4 Å². The van der Waals surface area contributed by atoms with Gasteiger partial charge in [0, 0.05) is 12.1 Å². The minimum absolute atomic E-state index is 0.0157. The molecule has 7 heteroatoms. The van der Waals surface area contributed by atoms with E-state index in [9.17, 15) is 20.0 Å². The van der Waals surface area contributed by atoms with E-state index in [0.717, 1.165) is 30.0 Å². The Kier molecular flexibility index (Phi) is 4.74. The molecule has 130 valence electrons. The molecule has 0 radical (unpaired) electrons. The molecule has 1 aliphatic carbocycles. The van der Waals surface area contributed by atoms with Gasteiger partial charge in [0.2, 0.25) is 0 Å². The maximum Gasteiger partial charge on any atom is 0.270 e. The second-order valence-corrected chi connectivity index (χ2v) is 6.55. The third kappa shape index (κ3) is 3.50. The summed E-state index contributed by atoms with van der Waals surface area (Å²) in [6.45, 7) is 0.0157. The van der Waals surface area contributed by atoms with Crippen LogP contribution in [-0.2, 0) is 12.0 Å². The standard InChI is InChI=1S/C18H17ClN2O4/c19-16-8-7-13(21(24)25)10-14(16)17(22)20-11-18(23)9-3-5-12-4-1-2-6-15(12)18/h1-2,4,6-8,10,23H,3,5,9,11H2,(H,20,22). The van der Waals surface area contributed by atoms with Crippen molar-refractivity contribution in [2.24, 2.45) is 0 Å². The number of halogens is 1. The molecule has 0 saturated carbocycles. The maximum atomic E-state index is 12.4. The summed E-state index contributed by atoms with van der Waals surface area (Å²) in [5.41, 5.74) is 0.530. The highest BCUT2D eigenvalue weighted by Gasteiger charge is 2.34. The van der Waals surface area contributed by atoms with Crippen LogP contribution in [0.25, 0.3) is 0 Å². The number of fused-ring (bicyclic) bond motifs is 1. The molecule has 3 rings (SSSR count). The van der Waals surface area contributed by atoms with Gasteiger partial charge in [-0.2, -0.15) is 0 Å². The van der Waals surface area contributed by atoms with Crippen LogP contribution in [0.1, 0.15) is 34.3 Å². The summed E-state index contributed by atoms with van der Waals surface area (Å²) in [7, 11) is 0. The van der Waals surface area contributed by atoms with Gasteiger partial charge in [-0.05, 0) is 36.5 Å². The molecule has 2 aromatic rings. The van der Waals surface area contributed by atoms with Crippen LogP contribution in [0.4, 0.5) is 5.69 Å². The smallest absolute Gasteiger partial charge is 0.270 e. The number of nitro groups is 1. The molecule has 1 amide bonds. The summed E-state index contributed by atoms with van der Waals surface area (Å²) in [4.78, 5) is 22.7. The van der Waals surface area contributed by atoms with E-state index in [2.05, 4.69) is 5.32 Å². The summed E-state index contributed by atoms with van der Waals surface area (Å²) in [6.07, 6.45) is 2.25. The predicted octanol–water partition coefficient (Wildman–Crippen LogP) is 3.20. The van der Waals surface area contributed by atoms with Crippen LogP contribution in [0.3, 0.4) is 0 Å². The SMILES string of the molecule is O=C(NCC1(O)CCCc2ccccc21)c1cc([N+](=O)[O-])ccc1Cl. The van der Waals surface area contributed by atoms with Crippen LogP contribution in [0.15, 0.2) is 42.5 Å². The number of hydrogen-bond donors (Lipinski definition) is 2. The van der Waals surface area contributed by atoms with E-state index in [4.69, 9.17) is 11.6 Å². The highest BCUT2D eigenvalue weighted by atomic mass is 35.5. The Labute approximate surface area is 149 Å². The van der Waals surface area contributed by atoms with E-state index in [0.29, 0.717) is 6.42 Å². The average molecular weight is 361 g/mol. The van der Waals surface area contributed by atoms with E-state index in [1.54, 1.807) is 0 Å². The molecule has 0 bridgehead atoms. The predicted molar refractivity (Wildman–Crippen MR) is 93.7 cm³/mol. The van der Waals surface area contributed by atoms with Crippen LogP contribution < -0.4 is 5.32 Å². The Balaban J connectivity index is 1.79. The van der Waals surface area contributed by atoms with Crippen molar-refractivity contribution in [1.29, 1.82) is 0 Å². The molecule has 1 atom stereocenters. The highest BCUT2D eigenvalue weighted by molar-refractivity contribution is 6.33. The first kappa shape index (κ1) is 17.4. The molecule has 25 heavy (non-hydrogen) atoms. The van der Waals surface area contributed by atoms with Crippen molar-refractivity contribution in [3.63, 3.8) is 0 Å². The number of nitrogens with zero attached hydrogens (tertiary/aromatic N) is 1. The number of benzene rings is 2. The van der Waals surface area contributed by atoms with E-state index < -0.39 is 16.4 Å². The van der Waals surface area contributed by atoms with Crippen molar-refractivity contribution >= 4 is 23.2 Å². The van der Waals surface area contributed by atoms with Crippen LogP contribution >= 0.6 is 11.6 Å². The number of amides is 1. The van der Waals surface area contributed by atoms with Gasteiger partial charge in [-0.1, -0.05) is 35.9 Å². The zero-order valence-electron chi connectivity index (χ0n) is 13.4. The summed E-state index contributed by atoms with van der Waals surface area (Å²) in [5, 5.41) is 24.6. The quantitative estimate of drug-likeness (QED) is 0.646. The van der Waals surface area contributed by atoms with Gasteiger partial charge in [0.25, 0.3) is 11.6 Å². The third-order valence-corrected chi connectivity index (χ3v) is 4.83. The normalized spacial score (nSPS) is 19.1. The largest absolute Gasteiger partial charge is 0.383 e. The Morgan fingerprint density at radius 3 is 2.84 bits per heavy atom. The number of aryl methyl sites for hydroxylation is 1. The number of aliphatic hydroxyl groups is 1. The van der Waals surface area contributed by atoms with Crippen molar-refractivity contribution < 1.29 is 14.8 Å². The monoisotopic (exact) mass is 360 g/mol. The first-order chi connectivity index (χ1) is 11.9. The molecule has 1 unspecified atom stereocenters. The van der Waals surface area contributed by atoms with Crippen molar-refractivity contribution in [2.75, 3.05) is 6.54 Å². The van der Waals surface area contributed by atoms with E-state index in [1.807, 2.05) is 24.3 Å². The molecule has 6 nitrogen and oxygen atoms in total. The van der Waals surface area contributed by atoms with Gasteiger partial charge in [0.15, 0.2) is 0 Å². The molecule has 0 saturated heterocycles. The van der Waals surface area contributed by atoms with Crippen molar-refractivity contribution in [2.45, 2.75) is 24.9 Å². The van der Waals surface area contributed by atoms with Crippen molar-refractivity contribution in [1.82, 2.24) is 5.32 Å². The molecule has 0 heterocycles. The second-order valence-electron chi connectivity index (χ2n) is 6.15. The molecule has 0 aliphatic heterocycles. The molecule has 2 N–H and O–H groups in total. The van der Waals surface area contributed by atoms with Crippen LogP contribution in [0.5, 0.6) is 0 Å². The van der Waals surface area contributed by atoms with Crippen LogP contribution in [0, 0.1) is 10.1 Å². The number of rotatable bonds is 4. The van der Waals surface area contributed by atoms with Gasteiger partial charge in [-0.25, -0.2) is 0 Å². The number of hydrogen-bond acceptors (Lipinski definition) is 4. The molecule has 0 fully saturated rings. The minimum Gasteiger partial charge on any atom is -0.383 e. The van der Waals surface area contributed by atoms with Gasteiger partial charge in [-0.15, -0.1) is 0 Å². The zero-order chi connectivity index (χ0) is 18.0. The van der Waals surface area contributed by atoms with E-state index in [-0.39, 0.29) is 22.8 Å². The topological polar surface area (TPSA) is 92.5 Å². The van der Waals surface area contributed by atoms with Gasteiger partial charge in [0.1, 0.15) is 5.60 Å². The number of carbonyl (C=O) groups excluding carboxylic acids is 1. The summed E-state index contributed by atoms with van der Waals surface area (Å²) in [6, 6.07) is 11.3. The van der Waals surface area contributed by atoms with Gasteiger partial charge in [0.05, 0.1) is 22.1 Å². The zero-order valence-corrected chi connectivity index (χ0v) is 14.1. The molecule has 0 spiro atoms. The summed E-state index contributed by atoms with van der Waals surface area (Å²) < 4.78 is 0. The lowest BCUT2D eigenvalue weighted by atomic mass is 9.79. The Morgan fingerprint density at radius 1 is 1.32 bits per heavy atom. The summed E-state index contributed by atoms with van der Waals surface area (Å²) >= 11 is 5.99. The van der Waals surface area contributed by atoms with E-state index in [1.165, 1.54) is 12.1 Å². The average Bonchev–Trinajstić information content (AvgIpc) is 2.60. The highest BCUT2D eigenvalue weighted by Crippen LogP contribution is 2.34. The number of nitro benzene ring substituents is 1. The number of carbonyl (C=O) groups is 1. The fourth-order valence-electron chi connectivity index (χ4n) is 3.20. The molecule has 2 aromatic carbocycles. The maximum absolute atomic E-state index is 12.4. The molecule has 1 aliphatic rings. The lowest BCUT2D eigenvalue weighted by Gasteiger charge is -2.34. The van der Waals surface area contributed by atoms with Crippen LogP contribution in [-0.4, -0.2) is 22.5 Å². The Bertz CT molecular complexity index is 840. The van der Waals surface area contributed by atoms with Crippen molar-refractivity contribution in [3.8, 4) is 0 Å². The second kappa shape index (κ2) is 6.82. The lowest BCUT2D eigenvalue weighted by molar-refractivity contribution is -0.384. The number of non-ortho nitro benzene ring substituents is 1. The van der Waals surface area contributed by atoms with Gasteiger partial charge in [-0.3, -0.25) is 14.9 Å².